The molecule has 2 radical (unpaired) electrons. The second-order valence-electron chi connectivity index (χ2n) is 5.60. The molecular weight excluding hydrogens is 523 g/mol. The van der Waals surface area contributed by atoms with Gasteiger partial charge in [-0.1, -0.05) is 69.4 Å². The minimum absolute atomic E-state index is 0.250. The van der Waals surface area contributed by atoms with Crippen LogP contribution in [-0.2, 0) is 20.8 Å². The van der Waals surface area contributed by atoms with Crippen LogP contribution in [0.4, 0.5) is 0 Å². The molecule has 0 fully saturated rings. The molecule has 0 heterocycles. The molecule has 0 spiro atoms. The van der Waals surface area contributed by atoms with E-state index in [0.29, 0.717) is 0 Å². The third-order valence-corrected chi connectivity index (χ3v) is 2.78. The van der Waals surface area contributed by atoms with Crippen LogP contribution in [0.15, 0.2) is 30.3 Å². The standard InChI is InChI=1S/C10H8I.C4H10N.C2H6Si.2ClH.Zr/c1-7-5-8-3-2-4-10(11)9(8)6-7;1-4(2,3)5;1-3-2;;;/h2-6H,1H3;5H,1-3H3;1-2H3;2*1H;/q2*-1;;;;+4/p-2. The van der Waals surface area contributed by atoms with Crippen LogP contribution in [0.2, 0.25) is 13.1 Å². The summed E-state index contributed by atoms with van der Waals surface area (Å²) in [5.74, 6) is 0. The summed E-state index contributed by atoms with van der Waals surface area (Å²) in [5.41, 5.74) is 8.04. The summed E-state index contributed by atoms with van der Waals surface area (Å²) in [7, 11) is 11.0. The van der Waals surface area contributed by atoms with E-state index in [2.05, 4.69) is 72.9 Å². The van der Waals surface area contributed by atoms with Crippen molar-refractivity contribution in [2.24, 2.45) is 0 Å². The van der Waals surface area contributed by atoms with Crippen molar-refractivity contribution >= 4 is 59.9 Å². The molecule has 0 saturated carbocycles. The van der Waals surface area contributed by atoms with Crippen molar-refractivity contribution in [1.29, 1.82) is 0 Å². The Morgan fingerprint density at radius 2 is 1.64 bits per heavy atom. The topological polar surface area (TPSA) is 23.8 Å². The molecule has 0 unspecified atom stereocenters. The van der Waals surface area contributed by atoms with E-state index < -0.39 is 20.8 Å². The van der Waals surface area contributed by atoms with Gasteiger partial charge in [-0.15, -0.1) is 40.1 Å². The molecule has 1 nitrogen and oxygen atoms in total. The van der Waals surface area contributed by atoms with Gasteiger partial charge in [-0.05, 0) is 3.57 Å². The van der Waals surface area contributed by atoms with E-state index in [4.69, 9.17) is 22.8 Å². The first kappa shape index (κ1) is 25.4. The normalized spacial score (nSPS) is 9.36. The van der Waals surface area contributed by atoms with Crippen molar-refractivity contribution in [3.8, 4) is 0 Å². The molecule has 2 rings (SSSR count). The third kappa shape index (κ3) is 16.1. The molecule has 2 aromatic rings. The second kappa shape index (κ2) is 14.5. The molecule has 6 heteroatoms. The summed E-state index contributed by atoms with van der Waals surface area (Å²) in [5, 5.41) is 2.74. The maximum atomic E-state index is 6.94. The van der Waals surface area contributed by atoms with E-state index in [1.165, 1.54) is 19.9 Å². The van der Waals surface area contributed by atoms with Crippen LogP contribution in [-0.4, -0.2) is 15.1 Å². The van der Waals surface area contributed by atoms with Gasteiger partial charge in [0.15, 0.2) is 0 Å². The predicted molar refractivity (Wildman–Crippen MR) is 110 cm³/mol. The molecule has 0 aliphatic rings. The summed E-state index contributed by atoms with van der Waals surface area (Å²) in [6.45, 7) is 12.0. The number of benzene rings is 1. The van der Waals surface area contributed by atoms with Gasteiger partial charge in [-0.2, -0.15) is 6.07 Å². The van der Waals surface area contributed by atoms with Crippen LogP contribution in [0.25, 0.3) is 16.5 Å². The number of hydrogen-bond acceptors (Lipinski definition) is 0. The van der Waals surface area contributed by atoms with Gasteiger partial charge >= 0.3 is 37.9 Å². The molecule has 1 N–H and O–H groups in total. The SMILES string of the molecule is CC(C)(C)[NH-].C[Si]C.Cc1cc2c(I)cccc2[cH-]1.[Cl][Zr+2][Cl]. The number of hydrogen-bond donors (Lipinski definition) is 0. The molecule has 22 heavy (non-hydrogen) atoms. The van der Waals surface area contributed by atoms with E-state index in [1.54, 1.807) is 0 Å². The molecule has 122 valence electrons. The van der Waals surface area contributed by atoms with Gasteiger partial charge in [0, 0.05) is 9.52 Å². The van der Waals surface area contributed by atoms with Crippen molar-refractivity contribution in [3.63, 3.8) is 0 Å². The summed E-state index contributed by atoms with van der Waals surface area (Å²) in [6.07, 6.45) is 0. The average molecular weight is 547 g/mol. The Hall–Kier alpha value is 1.20. The molecule has 0 bridgehead atoms. The number of fused-ring (bicyclic) bond motifs is 1. The van der Waals surface area contributed by atoms with Gasteiger partial charge in [-0.25, -0.2) is 0 Å². The van der Waals surface area contributed by atoms with Crippen LogP contribution in [0.5, 0.6) is 0 Å². The first-order valence-corrected chi connectivity index (χ1v) is 16.1. The van der Waals surface area contributed by atoms with Gasteiger partial charge in [0.05, 0.1) is 0 Å². The van der Waals surface area contributed by atoms with Gasteiger partial charge in [0.1, 0.15) is 0 Å². The number of rotatable bonds is 0. The van der Waals surface area contributed by atoms with Crippen LogP contribution in [0, 0.1) is 10.5 Å². The first-order chi connectivity index (χ1) is 10.1. The fourth-order valence-corrected chi connectivity index (χ4v) is 2.02. The van der Waals surface area contributed by atoms with E-state index in [1.807, 2.05) is 20.8 Å². The molecule has 0 amide bonds. The molecule has 0 aromatic heterocycles. The fraction of sp³-hybridized carbons (Fsp3) is 0.438. The summed E-state index contributed by atoms with van der Waals surface area (Å²) < 4.78 is 1.34. The zero-order chi connectivity index (χ0) is 17.8. The fourth-order valence-electron chi connectivity index (χ4n) is 1.35. The Labute approximate surface area is 170 Å². The first-order valence-electron chi connectivity index (χ1n) is 6.72. The van der Waals surface area contributed by atoms with Crippen LogP contribution >= 0.6 is 39.6 Å². The summed E-state index contributed by atoms with van der Waals surface area (Å²) in [4.78, 5) is 0. The monoisotopic (exact) mass is 545 g/mol. The second-order valence-corrected chi connectivity index (χ2v) is 11.5. The van der Waals surface area contributed by atoms with Crippen molar-refractivity contribution < 1.29 is 20.8 Å². The van der Waals surface area contributed by atoms with Crippen LogP contribution in [0.3, 0.4) is 0 Å². The zero-order valence-corrected chi connectivity index (χ0v) is 21.1. The van der Waals surface area contributed by atoms with Crippen molar-refractivity contribution in [1.82, 2.24) is 0 Å². The Morgan fingerprint density at radius 3 is 2.00 bits per heavy atom. The quantitative estimate of drug-likeness (QED) is 0.186. The van der Waals surface area contributed by atoms with Crippen molar-refractivity contribution in [3.05, 3.63) is 45.2 Å². The average Bonchev–Trinajstić information content (AvgIpc) is 2.71. The number of aryl methyl sites for hydroxylation is 1. The van der Waals surface area contributed by atoms with E-state index in [9.17, 15) is 0 Å². The van der Waals surface area contributed by atoms with Crippen molar-refractivity contribution in [2.45, 2.75) is 46.3 Å². The molecule has 0 saturated heterocycles. The molecule has 0 aliphatic heterocycles. The van der Waals surface area contributed by atoms with Crippen molar-refractivity contribution in [2.75, 3.05) is 0 Å². The number of nitrogens with one attached hydrogen (secondary N) is 1. The van der Waals surface area contributed by atoms with Crippen LogP contribution < -0.4 is 0 Å². The van der Waals surface area contributed by atoms with E-state index >= 15 is 0 Å². The van der Waals surface area contributed by atoms with Gasteiger partial charge < -0.3 is 5.73 Å². The number of halogens is 3. The summed E-state index contributed by atoms with van der Waals surface area (Å²) >= 11 is 1.55. The molecule has 0 atom stereocenters. The molecular formula is C16H24Cl2INSiZr. The predicted octanol–water partition coefficient (Wildman–Crippen LogP) is 7.47. The Balaban J connectivity index is 0. The third-order valence-electron chi connectivity index (χ3n) is 1.84. The van der Waals surface area contributed by atoms with Gasteiger partial charge in [-0.3, -0.25) is 0 Å². The Morgan fingerprint density at radius 1 is 1.23 bits per heavy atom. The van der Waals surface area contributed by atoms with Gasteiger partial charge in [0.25, 0.3) is 0 Å². The Kier molecular flexibility index (Phi) is 16.8. The molecule has 2 aromatic carbocycles. The van der Waals surface area contributed by atoms with Crippen LogP contribution in [0.1, 0.15) is 26.3 Å². The minimum atomic E-state index is -0.826. The Bertz CT molecular complexity index is 504. The maximum absolute atomic E-state index is 6.94. The van der Waals surface area contributed by atoms with Gasteiger partial charge in [0.2, 0.25) is 0 Å². The molecule has 0 aliphatic carbocycles. The van der Waals surface area contributed by atoms with E-state index in [0.717, 1.165) is 9.52 Å². The van der Waals surface area contributed by atoms with E-state index in [-0.39, 0.29) is 5.54 Å². The zero-order valence-electron chi connectivity index (χ0n) is 14.0. The summed E-state index contributed by atoms with van der Waals surface area (Å²) in [6, 6.07) is 10.9.